The Balaban J connectivity index is 3.18. The van der Waals surface area contributed by atoms with Crippen LogP contribution in [0.15, 0.2) is 29.2 Å². The third-order valence-electron chi connectivity index (χ3n) is 2.27. The van der Waals surface area contributed by atoms with E-state index >= 15 is 0 Å². The standard InChI is InChI=1S/C11H16N2O4S/c1-3-12-18(16,17)10-7-5-4-6-9(10)13(2)8-11(14)15/h4-7,12H,3,8H2,1-2H3,(H,14,15). The van der Waals surface area contributed by atoms with Gasteiger partial charge in [0.15, 0.2) is 0 Å². The topological polar surface area (TPSA) is 86.7 Å². The number of hydrogen-bond acceptors (Lipinski definition) is 4. The molecular weight excluding hydrogens is 256 g/mol. The van der Waals surface area contributed by atoms with Gasteiger partial charge in [0.1, 0.15) is 11.4 Å². The minimum Gasteiger partial charge on any atom is -0.480 e. The Labute approximate surface area is 106 Å². The van der Waals surface area contributed by atoms with Crippen LogP contribution in [0.4, 0.5) is 5.69 Å². The molecular formula is C11H16N2O4S. The summed E-state index contributed by atoms with van der Waals surface area (Å²) in [6.45, 7) is 1.69. The largest absolute Gasteiger partial charge is 0.480 e. The monoisotopic (exact) mass is 272 g/mol. The molecule has 0 unspecified atom stereocenters. The number of benzene rings is 1. The summed E-state index contributed by atoms with van der Waals surface area (Å²) in [7, 11) is -2.07. The molecule has 1 aromatic rings. The van der Waals surface area contributed by atoms with Gasteiger partial charge in [0.05, 0.1) is 5.69 Å². The lowest BCUT2D eigenvalue weighted by molar-refractivity contribution is -0.135. The van der Waals surface area contributed by atoms with Crippen LogP contribution in [0.2, 0.25) is 0 Å². The number of sulfonamides is 1. The third kappa shape index (κ3) is 3.44. The fraction of sp³-hybridized carbons (Fsp3) is 0.364. The normalized spacial score (nSPS) is 11.2. The van der Waals surface area contributed by atoms with Crippen molar-refractivity contribution >= 4 is 21.7 Å². The SMILES string of the molecule is CCNS(=O)(=O)c1ccccc1N(C)CC(=O)O. The Kier molecular flexibility index (Phi) is 4.69. The summed E-state index contributed by atoms with van der Waals surface area (Å²) in [6, 6.07) is 6.29. The quantitative estimate of drug-likeness (QED) is 0.787. The zero-order chi connectivity index (χ0) is 13.8. The van der Waals surface area contributed by atoms with E-state index in [1.54, 1.807) is 25.1 Å². The number of likely N-dealkylation sites (N-methyl/N-ethyl adjacent to an activating group) is 1. The highest BCUT2D eigenvalue weighted by atomic mass is 32.2. The summed E-state index contributed by atoms with van der Waals surface area (Å²) in [6.07, 6.45) is 0. The van der Waals surface area contributed by atoms with Gasteiger partial charge in [0.25, 0.3) is 0 Å². The smallest absolute Gasteiger partial charge is 0.323 e. The predicted molar refractivity (Wildman–Crippen MR) is 68.2 cm³/mol. The van der Waals surface area contributed by atoms with Gasteiger partial charge in [-0.2, -0.15) is 0 Å². The number of rotatable bonds is 6. The summed E-state index contributed by atoms with van der Waals surface area (Å²) < 4.78 is 26.3. The number of nitrogens with zero attached hydrogens (tertiary/aromatic N) is 1. The van der Waals surface area contributed by atoms with E-state index in [4.69, 9.17) is 5.11 Å². The Morgan fingerprint density at radius 1 is 1.39 bits per heavy atom. The number of carbonyl (C=O) groups is 1. The van der Waals surface area contributed by atoms with Crippen molar-refractivity contribution in [2.24, 2.45) is 0 Å². The minimum atomic E-state index is -3.61. The highest BCUT2D eigenvalue weighted by Gasteiger charge is 2.19. The van der Waals surface area contributed by atoms with E-state index in [0.29, 0.717) is 5.69 Å². The first-order valence-corrected chi connectivity index (χ1v) is 6.88. The first-order valence-electron chi connectivity index (χ1n) is 5.40. The summed E-state index contributed by atoms with van der Waals surface area (Å²) in [4.78, 5) is 12.1. The molecule has 0 saturated carbocycles. The minimum absolute atomic E-state index is 0.0793. The van der Waals surface area contributed by atoms with Gasteiger partial charge in [-0.05, 0) is 12.1 Å². The van der Waals surface area contributed by atoms with Gasteiger partial charge in [0, 0.05) is 13.6 Å². The molecule has 1 aromatic carbocycles. The molecule has 0 spiro atoms. The zero-order valence-corrected chi connectivity index (χ0v) is 11.1. The molecule has 0 amide bonds. The summed E-state index contributed by atoms with van der Waals surface area (Å²) in [5.41, 5.74) is 0.362. The Hall–Kier alpha value is -1.60. The highest BCUT2D eigenvalue weighted by molar-refractivity contribution is 7.89. The molecule has 0 aliphatic carbocycles. The molecule has 0 aliphatic rings. The van der Waals surface area contributed by atoms with Gasteiger partial charge in [-0.25, -0.2) is 13.1 Å². The Bertz CT molecular complexity index is 528. The Morgan fingerprint density at radius 3 is 2.56 bits per heavy atom. The van der Waals surface area contributed by atoms with Crippen LogP contribution < -0.4 is 9.62 Å². The molecule has 1 rings (SSSR count). The van der Waals surface area contributed by atoms with Crippen LogP contribution in [0, 0.1) is 0 Å². The van der Waals surface area contributed by atoms with Gasteiger partial charge >= 0.3 is 5.97 Å². The summed E-state index contributed by atoms with van der Waals surface area (Å²) >= 11 is 0. The molecule has 0 heterocycles. The average Bonchev–Trinajstić information content (AvgIpc) is 2.28. The van der Waals surface area contributed by atoms with E-state index < -0.39 is 16.0 Å². The molecule has 0 atom stereocenters. The number of carboxylic acid groups (broad SMARTS) is 1. The number of para-hydroxylation sites is 1. The molecule has 0 bridgehead atoms. The second kappa shape index (κ2) is 5.83. The average molecular weight is 272 g/mol. The van der Waals surface area contributed by atoms with Crippen molar-refractivity contribution in [3.8, 4) is 0 Å². The number of hydrogen-bond donors (Lipinski definition) is 2. The molecule has 18 heavy (non-hydrogen) atoms. The maximum atomic E-state index is 12.0. The van der Waals surface area contributed by atoms with Gasteiger partial charge in [-0.15, -0.1) is 0 Å². The van der Waals surface area contributed by atoms with Crippen molar-refractivity contribution in [1.82, 2.24) is 4.72 Å². The van der Waals surface area contributed by atoms with Crippen LogP contribution in [-0.2, 0) is 14.8 Å². The second-order valence-electron chi connectivity index (χ2n) is 3.72. The number of nitrogens with one attached hydrogen (secondary N) is 1. The fourth-order valence-corrected chi connectivity index (χ4v) is 2.85. The Morgan fingerprint density at radius 2 is 2.00 bits per heavy atom. The van der Waals surface area contributed by atoms with E-state index in [2.05, 4.69) is 4.72 Å². The van der Waals surface area contributed by atoms with E-state index in [9.17, 15) is 13.2 Å². The predicted octanol–water partition coefficient (Wildman–Crippen LogP) is 0.506. The lowest BCUT2D eigenvalue weighted by Gasteiger charge is -2.20. The first-order chi connectivity index (χ1) is 8.38. The molecule has 0 aliphatic heterocycles. The summed E-state index contributed by atoms with van der Waals surface area (Å²) in [5, 5.41) is 8.74. The van der Waals surface area contributed by atoms with E-state index in [0.717, 1.165) is 0 Å². The lowest BCUT2D eigenvalue weighted by Crippen LogP contribution is -2.29. The second-order valence-corrected chi connectivity index (χ2v) is 5.45. The summed E-state index contributed by atoms with van der Waals surface area (Å²) in [5.74, 6) is -1.02. The zero-order valence-electron chi connectivity index (χ0n) is 10.3. The van der Waals surface area contributed by atoms with Gasteiger partial charge in [0.2, 0.25) is 10.0 Å². The van der Waals surface area contributed by atoms with Crippen molar-refractivity contribution in [3.63, 3.8) is 0 Å². The number of aliphatic carboxylic acids is 1. The van der Waals surface area contributed by atoms with E-state index in [1.165, 1.54) is 18.0 Å². The third-order valence-corrected chi connectivity index (χ3v) is 3.87. The molecule has 7 heteroatoms. The number of anilines is 1. The van der Waals surface area contributed by atoms with Crippen molar-refractivity contribution in [2.75, 3.05) is 25.0 Å². The molecule has 0 aromatic heterocycles. The molecule has 0 saturated heterocycles. The maximum Gasteiger partial charge on any atom is 0.323 e. The van der Waals surface area contributed by atoms with Crippen molar-refractivity contribution in [1.29, 1.82) is 0 Å². The van der Waals surface area contributed by atoms with Gasteiger partial charge in [-0.1, -0.05) is 19.1 Å². The van der Waals surface area contributed by atoms with Crippen molar-refractivity contribution in [2.45, 2.75) is 11.8 Å². The van der Waals surface area contributed by atoms with Crippen LogP contribution in [0.5, 0.6) is 0 Å². The number of carboxylic acids is 1. The molecule has 2 N–H and O–H groups in total. The fourth-order valence-electron chi connectivity index (χ4n) is 1.56. The van der Waals surface area contributed by atoms with Crippen molar-refractivity contribution in [3.05, 3.63) is 24.3 Å². The van der Waals surface area contributed by atoms with Crippen LogP contribution in [0.1, 0.15) is 6.92 Å². The van der Waals surface area contributed by atoms with E-state index in [1.807, 2.05) is 0 Å². The van der Waals surface area contributed by atoms with Gasteiger partial charge < -0.3 is 10.0 Å². The molecule has 6 nitrogen and oxygen atoms in total. The van der Waals surface area contributed by atoms with Crippen LogP contribution in [0.3, 0.4) is 0 Å². The van der Waals surface area contributed by atoms with Crippen LogP contribution >= 0.6 is 0 Å². The van der Waals surface area contributed by atoms with Crippen molar-refractivity contribution < 1.29 is 18.3 Å². The van der Waals surface area contributed by atoms with E-state index in [-0.39, 0.29) is 18.0 Å². The maximum absolute atomic E-state index is 12.0. The molecule has 0 fully saturated rings. The van der Waals surface area contributed by atoms with Gasteiger partial charge in [-0.3, -0.25) is 4.79 Å². The molecule has 100 valence electrons. The van der Waals surface area contributed by atoms with Crippen LogP contribution in [0.25, 0.3) is 0 Å². The highest BCUT2D eigenvalue weighted by Crippen LogP contribution is 2.23. The van der Waals surface area contributed by atoms with Crippen LogP contribution in [-0.4, -0.2) is 39.6 Å². The lowest BCUT2D eigenvalue weighted by atomic mass is 10.3. The molecule has 0 radical (unpaired) electrons. The first kappa shape index (κ1) is 14.5.